The van der Waals surface area contributed by atoms with Gasteiger partial charge < -0.3 is 14.4 Å². The molecule has 0 aromatic carbocycles. The number of nitrogens with zero attached hydrogens (tertiary/aromatic N) is 4. The number of carbonyl (C=O) groups excluding carboxylic acids is 1. The Hall–Kier alpha value is -2.63. The van der Waals surface area contributed by atoms with Crippen molar-refractivity contribution in [3.8, 4) is 0 Å². The molecule has 1 saturated heterocycles. The highest BCUT2D eigenvalue weighted by Crippen LogP contribution is 2.29. The third-order valence-electron chi connectivity index (χ3n) is 6.52. The molecule has 4 rings (SSSR count). The molecule has 29 heavy (non-hydrogen) atoms. The molecule has 6 nitrogen and oxygen atoms in total. The number of hydrogen-bond acceptors (Lipinski definition) is 4. The molecule has 2 aromatic heterocycles. The third kappa shape index (κ3) is 4.07. The van der Waals surface area contributed by atoms with Crippen LogP contribution in [0.1, 0.15) is 47.4 Å². The quantitative estimate of drug-likeness (QED) is 0.800. The molecule has 2 aliphatic rings. The van der Waals surface area contributed by atoms with Crippen LogP contribution in [-0.4, -0.2) is 46.5 Å². The van der Waals surface area contributed by atoms with E-state index in [2.05, 4.69) is 14.5 Å². The molecule has 1 aliphatic heterocycles. The first-order chi connectivity index (χ1) is 14.0. The fourth-order valence-corrected chi connectivity index (χ4v) is 4.67. The number of hydrogen-bond donors (Lipinski definition) is 0. The topological polar surface area (TPSA) is 58.4 Å². The molecule has 2 aromatic rings. The van der Waals surface area contributed by atoms with E-state index in [1.165, 1.54) is 25.7 Å². The van der Waals surface area contributed by atoms with Gasteiger partial charge in [0.05, 0.1) is 0 Å². The number of amides is 1. The van der Waals surface area contributed by atoms with E-state index in [0.29, 0.717) is 24.6 Å². The highest BCUT2D eigenvalue weighted by atomic mass is 16.2. The number of piperazine rings is 1. The molecule has 1 amide bonds. The Labute approximate surface area is 172 Å². The zero-order valence-corrected chi connectivity index (χ0v) is 17.4. The van der Waals surface area contributed by atoms with Crippen molar-refractivity contribution >= 4 is 11.7 Å². The van der Waals surface area contributed by atoms with Crippen LogP contribution in [0.2, 0.25) is 0 Å². The zero-order chi connectivity index (χ0) is 20.4. The lowest BCUT2D eigenvalue weighted by molar-refractivity contribution is 0.0742. The van der Waals surface area contributed by atoms with E-state index in [4.69, 9.17) is 0 Å². The van der Waals surface area contributed by atoms with Crippen LogP contribution in [0.25, 0.3) is 0 Å². The van der Waals surface area contributed by atoms with Gasteiger partial charge in [-0.05, 0) is 31.4 Å². The minimum absolute atomic E-state index is 0.112. The van der Waals surface area contributed by atoms with Gasteiger partial charge in [0.2, 0.25) is 0 Å². The fourth-order valence-electron chi connectivity index (χ4n) is 4.67. The smallest absolute Gasteiger partial charge is 0.259 e. The van der Waals surface area contributed by atoms with Crippen LogP contribution in [0, 0.1) is 12.8 Å². The minimum Gasteiger partial charge on any atom is -0.353 e. The van der Waals surface area contributed by atoms with E-state index in [0.717, 1.165) is 36.7 Å². The van der Waals surface area contributed by atoms with Crippen molar-refractivity contribution in [1.29, 1.82) is 0 Å². The van der Waals surface area contributed by atoms with Crippen LogP contribution in [0.3, 0.4) is 0 Å². The predicted octanol–water partition coefficient (Wildman–Crippen LogP) is 2.78. The van der Waals surface area contributed by atoms with E-state index in [9.17, 15) is 9.59 Å². The van der Waals surface area contributed by atoms with Gasteiger partial charge in [-0.15, -0.1) is 0 Å². The summed E-state index contributed by atoms with van der Waals surface area (Å²) in [4.78, 5) is 34.7. The van der Waals surface area contributed by atoms with E-state index in [-0.39, 0.29) is 11.3 Å². The Morgan fingerprint density at radius 1 is 1.14 bits per heavy atom. The van der Waals surface area contributed by atoms with Crippen molar-refractivity contribution < 1.29 is 4.79 Å². The fraction of sp³-hybridized carbons (Fsp3) is 0.522. The zero-order valence-electron chi connectivity index (χ0n) is 17.4. The number of pyridine rings is 2. The van der Waals surface area contributed by atoms with Crippen molar-refractivity contribution in [2.45, 2.75) is 39.0 Å². The molecule has 0 N–H and O–H groups in total. The highest BCUT2D eigenvalue weighted by Gasteiger charge is 2.29. The van der Waals surface area contributed by atoms with Crippen LogP contribution in [0.4, 0.5) is 5.82 Å². The Kier molecular flexibility index (Phi) is 5.69. The van der Waals surface area contributed by atoms with E-state index in [1.807, 2.05) is 37.1 Å². The SMILES string of the molecule is Cc1cc(=O)c(C(=O)N2CCN(c3ccccn3)CC2)c(CC2CCCC2)n1C. The number of aromatic nitrogens is 2. The second-order valence-electron chi connectivity index (χ2n) is 8.35. The predicted molar refractivity (Wildman–Crippen MR) is 114 cm³/mol. The van der Waals surface area contributed by atoms with Gasteiger partial charge in [0.1, 0.15) is 11.4 Å². The molecular formula is C23H30N4O2. The first kappa shape index (κ1) is 19.7. The average molecular weight is 395 g/mol. The maximum Gasteiger partial charge on any atom is 0.259 e. The average Bonchev–Trinajstić information content (AvgIpc) is 3.25. The molecule has 3 heterocycles. The molecule has 0 unspecified atom stereocenters. The van der Waals surface area contributed by atoms with Crippen LogP contribution in [0.5, 0.6) is 0 Å². The molecule has 2 fully saturated rings. The van der Waals surface area contributed by atoms with Gasteiger partial charge in [-0.3, -0.25) is 9.59 Å². The Morgan fingerprint density at radius 2 is 1.86 bits per heavy atom. The summed E-state index contributed by atoms with van der Waals surface area (Å²) in [5.41, 5.74) is 2.08. The Bertz CT molecular complexity index is 924. The normalized spacial score (nSPS) is 17.7. The minimum atomic E-state index is -0.134. The first-order valence-electron chi connectivity index (χ1n) is 10.7. The highest BCUT2D eigenvalue weighted by molar-refractivity contribution is 5.95. The Morgan fingerprint density at radius 3 is 2.52 bits per heavy atom. The molecule has 0 atom stereocenters. The van der Waals surface area contributed by atoms with Gasteiger partial charge in [0.15, 0.2) is 5.43 Å². The number of anilines is 1. The Balaban J connectivity index is 1.55. The molecule has 1 aliphatic carbocycles. The molecule has 0 spiro atoms. The van der Waals surface area contributed by atoms with Gasteiger partial charge >= 0.3 is 0 Å². The second-order valence-corrected chi connectivity index (χ2v) is 8.35. The van der Waals surface area contributed by atoms with Crippen LogP contribution >= 0.6 is 0 Å². The molecule has 1 saturated carbocycles. The lowest BCUT2D eigenvalue weighted by atomic mass is 9.96. The van der Waals surface area contributed by atoms with E-state index >= 15 is 0 Å². The molecular weight excluding hydrogens is 364 g/mol. The standard InChI is InChI=1S/C23H30N4O2/c1-17-15-20(28)22(19(25(17)2)16-18-7-3-4-8-18)23(29)27-13-11-26(12-14-27)21-9-5-6-10-24-21/h5-6,9-10,15,18H,3-4,7-8,11-14,16H2,1-2H3. The first-order valence-corrected chi connectivity index (χ1v) is 10.7. The van der Waals surface area contributed by atoms with Gasteiger partial charge in [-0.2, -0.15) is 0 Å². The monoisotopic (exact) mass is 394 g/mol. The van der Waals surface area contributed by atoms with Crippen molar-refractivity contribution in [2.75, 3.05) is 31.1 Å². The number of aryl methyl sites for hydroxylation is 1. The molecule has 0 radical (unpaired) electrons. The van der Waals surface area contributed by atoms with E-state index < -0.39 is 0 Å². The number of carbonyl (C=O) groups is 1. The molecule has 154 valence electrons. The van der Waals surface area contributed by atoms with Crippen LogP contribution in [0.15, 0.2) is 35.3 Å². The third-order valence-corrected chi connectivity index (χ3v) is 6.52. The summed E-state index contributed by atoms with van der Waals surface area (Å²) >= 11 is 0. The number of rotatable bonds is 4. The lowest BCUT2D eigenvalue weighted by Crippen LogP contribution is -2.50. The van der Waals surface area contributed by atoms with Crippen LogP contribution < -0.4 is 10.3 Å². The molecule has 6 heteroatoms. The maximum atomic E-state index is 13.4. The maximum absolute atomic E-state index is 13.4. The van der Waals surface area contributed by atoms with E-state index in [1.54, 1.807) is 12.3 Å². The van der Waals surface area contributed by atoms with Crippen molar-refractivity contribution in [1.82, 2.24) is 14.5 Å². The summed E-state index contributed by atoms with van der Waals surface area (Å²) in [6.07, 6.45) is 7.50. The lowest BCUT2D eigenvalue weighted by Gasteiger charge is -2.35. The summed E-state index contributed by atoms with van der Waals surface area (Å²) in [7, 11) is 1.98. The van der Waals surface area contributed by atoms with Gasteiger partial charge in [-0.25, -0.2) is 4.98 Å². The van der Waals surface area contributed by atoms with Crippen molar-refractivity contribution in [3.63, 3.8) is 0 Å². The summed E-state index contributed by atoms with van der Waals surface area (Å²) in [5.74, 6) is 1.40. The summed E-state index contributed by atoms with van der Waals surface area (Å²) < 4.78 is 2.05. The van der Waals surface area contributed by atoms with Crippen molar-refractivity contribution in [3.05, 3.63) is 57.6 Å². The van der Waals surface area contributed by atoms with Gasteiger partial charge in [0.25, 0.3) is 5.91 Å². The summed E-state index contributed by atoms with van der Waals surface area (Å²) in [6.45, 7) is 4.61. The molecule has 0 bridgehead atoms. The second kappa shape index (κ2) is 8.39. The largest absolute Gasteiger partial charge is 0.353 e. The van der Waals surface area contributed by atoms with Gasteiger partial charge in [0, 0.05) is 56.9 Å². The summed E-state index contributed by atoms with van der Waals surface area (Å²) in [6, 6.07) is 7.48. The summed E-state index contributed by atoms with van der Waals surface area (Å²) in [5, 5.41) is 0. The van der Waals surface area contributed by atoms with Crippen LogP contribution in [-0.2, 0) is 13.5 Å². The van der Waals surface area contributed by atoms with Gasteiger partial charge in [-0.1, -0.05) is 31.7 Å². The van der Waals surface area contributed by atoms with Crippen molar-refractivity contribution in [2.24, 2.45) is 13.0 Å².